The first-order chi connectivity index (χ1) is 7.19. The van der Waals surface area contributed by atoms with Gasteiger partial charge in [0.05, 0.1) is 11.9 Å². The second-order valence-corrected chi connectivity index (χ2v) is 3.52. The van der Waals surface area contributed by atoms with Crippen molar-refractivity contribution in [1.82, 2.24) is 15.0 Å². The number of hydrogen-bond donors (Lipinski definition) is 0. The molecule has 4 nitrogen and oxygen atoms in total. The minimum absolute atomic E-state index is 0.342. The first-order valence-corrected chi connectivity index (χ1v) is 4.65. The minimum Gasteiger partial charge on any atom is -0.296 e. The summed E-state index contributed by atoms with van der Waals surface area (Å²) in [6.07, 6.45) is 2.14. The molecule has 0 fully saturated rings. The maximum atomic E-state index is 10.5. The first kappa shape index (κ1) is 9.58. The lowest BCUT2D eigenvalue weighted by Crippen LogP contribution is -2.00. The van der Waals surface area contributed by atoms with E-state index in [0.717, 1.165) is 16.8 Å². The Morgan fingerprint density at radius 2 is 1.87 bits per heavy atom. The van der Waals surface area contributed by atoms with E-state index in [4.69, 9.17) is 0 Å². The fraction of sp³-hybridized carbons (Fsp3) is 0.182. The molecular weight excluding hydrogens is 190 g/mol. The minimum atomic E-state index is 0.342. The average Bonchev–Trinajstić information content (AvgIpc) is 2.64. The van der Waals surface area contributed by atoms with Crippen LogP contribution in [0.1, 0.15) is 21.6 Å². The number of carbonyl (C=O) groups is 1. The van der Waals surface area contributed by atoms with Gasteiger partial charge in [-0.05, 0) is 37.1 Å². The number of aldehydes is 1. The Labute approximate surface area is 87.5 Å². The van der Waals surface area contributed by atoms with Crippen LogP contribution in [-0.4, -0.2) is 21.3 Å². The van der Waals surface area contributed by atoms with Crippen molar-refractivity contribution in [3.8, 4) is 5.69 Å². The van der Waals surface area contributed by atoms with Crippen molar-refractivity contribution in [3.05, 3.63) is 41.2 Å². The summed E-state index contributed by atoms with van der Waals surface area (Å²) in [6, 6.07) is 6.02. The molecule has 0 N–H and O–H groups in total. The SMILES string of the molecule is Cc1cc(C)cc(-n2ncc(C=O)n2)c1. The Kier molecular flexibility index (Phi) is 2.33. The summed E-state index contributed by atoms with van der Waals surface area (Å²) in [5.74, 6) is 0. The van der Waals surface area contributed by atoms with Gasteiger partial charge in [-0.15, -0.1) is 5.10 Å². The molecule has 0 aliphatic rings. The number of nitrogens with zero attached hydrogens (tertiary/aromatic N) is 3. The first-order valence-electron chi connectivity index (χ1n) is 4.65. The maximum absolute atomic E-state index is 10.5. The van der Waals surface area contributed by atoms with E-state index >= 15 is 0 Å². The molecule has 0 spiro atoms. The molecule has 0 atom stereocenters. The standard InChI is InChI=1S/C11H11N3O/c1-8-3-9(2)5-11(4-8)14-12-6-10(7-15)13-14/h3-7H,1-2H3. The van der Waals surface area contributed by atoms with Crippen LogP contribution in [0.4, 0.5) is 0 Å². The molecule has 15 heavy (non-hydrogen) atoms. The molecule has 0 radical (unpaired) electrons. The molecular formula is C11H11N3O. The number of aromatic nitrogens is 3. The van der Waals surface area contributed by atoms with Crippen molar-refractivity contribution < 1.29 is 4.79 Å². The molecule has 0 bridgehead atoms. The van der Waals surface area contributed by atoms with Gasteiger partial charge in [0.2, 0.25) is 0 Å². The molecule has 0 aliphatic heterocycles. The number of rotatable bonds is 2. The van der Waals surface area contributed by atoms with Gasteiger partial charge in [0.1, 0.15) is 5.69 Å². The molecule has 0 aliphatic carbocycles. The molecule has 76 valence electrons. The van der Waals surface area contributed by atoms with Gasteiger partial charge in [0, 0.05) is 0 Å². The van der Waals surface area contributed by atoms with Crippen LogP contribution in [0, 0.1) is 13.8 Å². The Balaban J connectivity index is 2.48. The van der Waals surface area contributed by atoms with Crippen molar-refractivity contribution in [3.63, 3.8) is 0 Å². The smallest absolute Gasteiger partial charge is 0.171 e. The van der Waals surface area contributed by atoms with E-state index in [-0.39, 0.29) is 0 Å². The van der Waals surface area contributed by atoms with Gasteiger partial charge in [-0.1, -0.05) is 6.07 Å². The number of aryl methyl sites for hydroxylation is 2. The zero-order valence-corrected chi connectivity index (χ0v) is 8.64. The Morgan fingerprint density at radius 1 is 1.20 bits per heavy atom. The summed E-state index contributed by atoms with van der Waals surface area (Å²) in [4.78, 5) is 11.9. The molecule has 2 aromatic rings. The third kappa shape index (κ3) is 1.93. The molecule has 0 saturated carbocycles. The summed E-state index contributed by atoms with van der Waals surface area (Å²) in [5.41, 5.74) is 3.51. The fourth-order valence-corrected chi connectivity index (χ4v) is 1.52. The van der Waals surface area contributed by atoms with Crippen LogP contribution in [0.5, 0.6) is 0 Å². The highest BCUT2D eigenvalue weighted by Crippen LogP contribution is 2.11. The summed E-state index contributed by atoms with van der Waals surface area (Å²) in [5, 5.41) is 8.03. The molecule has 1 aromatic carbocycles. The van der Waals surface area contributed by atoms with E-state index in [2.05, 4.69) is 16.3 Å². The third-order valence-corrected chi connectivity index (χ3v) is 2.07. The largest absolute Gasteiger partial charge is 0.296 e. The summed E-state index contributed by atoms with van der Waals surface area (Å²) in [6.45, 7) is 4.03. The lowest BCUT2D eigenvalue weighted by Gasteiger charge is -2.02. The second kappa shape index (κ2) is 3.65. The maximum Gasteiger partial charge on any atom is 0.171 e. The summed E-state index contributed by atoms with van der Waals surface area (Å²) < 4.78 is 0. The van der Waals surface area contributed by atoms with Gasteiger partial charge in [0.25, 0.3) is 0 Å². The molecule has 2 rings (SSSR count). The van der Waals surface area contributed by atoms with E-state index in [9.17, 15) is 4.79 Å². The molecule has 4 heteroatoms. The second-order valence-electron chi connectivity index (χ2n) is 3.52. The Bertz CT molecular complexity index is 482. The van der Waals surface area contributed by atoms with Crippen LogP contribution >= 0.6 is 0 Å². The highest BCUT2D eigenvalue weighted by molar-refractivity contribution is 5.70. The van der Waals surface area contributed by atoms with Crippen molar-refractivity contribution in [2.75, 3.05) is 0 Å². The van der Waals surface area contributed by atoms with Crippen molar-refractivity contribution in [2.24, 2.45) is 0 Å². The van der Waals surface area contributed by atoms with Crippen LogP contribution < -0.4 is 0 Å². The van der Waals surface area contributed by atoms with Gasteiger partial charge in [-0.2, -0.15) is 9.90 Å². The van der Waals surface area contributed by atoms with Crippen molar-refractivity contribution in [1.29, 1.82) is 0 Å². The lowest BCUT2D eigenvalue weighted by molar-refractivity contribution is 0.111. The van der Waals surface area contributed by atoms with E-state index in [1.807, 2.05) is 26.0 Å². The quantitative estimate of drug-likeness (QED) is 0.695. The van der Waals surface area contributed by atoms with Gasteiger partial charge < -0.3 is 0 Å². The van der Waals surface area contributed by atoms with Gasteiger partial charge in [-0.3, -0.25) is 4.79 Å². The van der Waals surface area contributed by atoms with Crippen molar-refractivity contribution in [2.45, 2.75) is 13.8 Å². The molecule has 0 unspecified atom stereocenters. The fourth-order valence-electron chi connectivity index (χ4n) is 1.52. The topological polar surface area (TPSA) is 47.8 Å². The molecule has 0 saturated heterocycles. The lowest BCUT2D eigenvalue weighted by atomic mass is 10.1. The Hall–Kier alpha value is -1.97. The van der Waals surface area contributed by atoms with Crippen molar-refractivity contribution >= 4 is 6.29 Å². The molecule has 1 aromatic heterocycles. The highest BCUT2D eigenvalue weighted by Gasteiger charge is 2.02. The average molecular weight is 201 g/mol. The molecule has 0 amide bonds. The summed E-state index contributed by atoms with van der Waals surface area (Å²) in [7, 11) is 0. The predicted octanol–water partition coefficient (Wildman–Crippen LogP) is 1.70. The third-order valence-electron chi connectivity index (χ3n) is 2.07. The number of benzene rings is 1. The van der Waals surface area contributed by atoms with Crippen LogP contribution in [0.2, 0.25) is 0 Å². The van der Waals surface area contributed by atoms with Gasteiger partial charge in [0.15, 0.2) is 6.29 Å². The summed E-state index contributed by atoms with van der Waals surface area (Å²) >= 11 is 0. The van der Waals surface area contributed by atoms with E-state index in [1.165, 1.54) is 11.0 Å². The zero-order valence-electron chi connectivity index (χ0n) is 8.64. The van der Waals surface area contributed by atoms with Crippen LogP contribution in [0.25, 0.3) is 5.69 Å². The van der Waals surface area contributed by atoms with E-state index in [1.54, 1.807) is 0 Å². The van der Waals surface area contributed by atoms with E-state index in [0.29, 0.717) is 12.0 Å². The normalized spacial score (nSPS) is 10.3. The zero-order chi connectivity index (χ0) is 10.8. The van der Waals surface area contributed by atoms with Crippen LogP contribution in [0.15, 0.2) is 24.4 Å². The predicted molar refractivity (Wildman–Crippen MR) is 56.2 cm³/mol. The van der Waals surface area contributed by atoms with E-state index < -0.39 is 0 Å². The van der Waals surface area contributed by atoms with Gasteiger partial charge in [-0.25, -0.2) is 0 Å². The molecule has 1 heterocycles. The number of carbonyl (C=O) groups excluding carboxylic acids is 1. The van der Waals surface area contributed by atoms with Gasteiger partial charge >= 0.3 is 0 Å². The van der Waals surface area contributed by atoms with Crippen LogP contribution in [0.3, 0.4) is 0 Å². The van der Waals surface area contributed by atoms with Crippen LogP contribution in [-0.2, 0) is 0 Å². The Morgan fingerprint density at radius 3 is 2.40 bits per heavy atom. The monoisotopic (exact) mass is 201 g/mol. The number of hydrogen-bond acceptors (Lipinski definition) is 3. The highest BCUT2D eigenvalue weighted by atomic mass is 16.1.